The van der Waals surface area contributed by atoms with E-state index >= 15 is 0 Å². The number of fused-ring (bicyclic) bond motifs is 4. The van der Waals surface area contributed by atoms with E-state index in [2.05, 4.69) is 9.97 Å². The minimum atomic E-state index is -0.480. The number of aliphatic hydroxyl groups excluding tert-OH is 2. The van der Waals surface area contributed by atoms with Gasteiger partial charge in [-0.3, -0.25) is 4.79 Å². The van der Waals surface area contributed by atoms with Crippen molar-refractivity contribution in [3.63, 3.8) is 0 Å². The van der Waals surface area contributed by atoms with Crippen LogP contribution >= 0.6 is 0 Å². The molecule has 1 fully saturated rings. The fourth-order valence-corrected chi connectivity index (χ4v) is 4.48. The molecule has 0 bridgehead atoms. The average molecular weight is 379 g/mol. The molecule has 7 nitrogen and oxygen atoms in total. The number of nitrogens with zero attached hydrogens (tertiary/aromatic N) is 2. The number of nitrogens with one attached hydrogen (secondary N) is 1. The molecule has 0 unspecified atom stereocenters. The van der Waals surface area contributed by atoms with E-state index in [0.717, 1.165) is 16.8 Å². The molecule has 28 heavy (non-hydrogen) atoms. The van der Waals surface area contributed by atoms with Gasteiger partial charge in [-0.15, -0.1) is 0 Å². The largest absolute Gasteiger partial charge is 0.493 e. The van der Waals surface area contributed by atoms with Gasteiger partial charge in [0.25, 0.3) is 5.91 Å². The van der Waals surface area contributed by atoms with Gasteiger partial charge >= 0.3 is 0 Å². The number of ether oxygens (including phenoxy) is 1. The maximum Gasteiger partial charge on any atom is 0.253 e. The molecule has 5 rings (SSSR count). The Morgan fingerprint density at radius 3 is 2.96 bits per heavy atom. The Morgan fingerprint density at radius 1 is 1.29 bits per heavy atom. The first kappa shape index (κ1) is 17.2. The second-order valence-electron chi connectivity index (χ2n) is 7.66. The molecular weight excluding hydrogens is 358 g/mol. The summed E-state index contributed by atoms with van der Waals surface area (Å²) in [5, 5.41) is 19.4. The SMILES string of the molecule is O=C(c1ccc2nc(CO)[nH]c2c1)N1C[C@H]2c3ccccc3OC[C@@]2(CO)C1. The molecule has 3 N–H and O–H groups in total. The van der Waals surface area contributed by atoms with Crippen LogP contribution in [0.1, 0.15) is 27.7 Å². The third-order valence-corrected chi connectivity index (χ3v) is 5.99. The monoisotopic (exact) mass is 379 g/mol. The Balaban J connectivity index is 1.47. The molecule has 0 radical (unpaired) electrons. The number of aromatic nitrogens is 2. The van der Waals surface area contributed by atoms with Crippen molar-refractivity contribution in [2.45, 2.75) is 12.5 Å². The fourth-order valence-electron chi connectivity index (χ4n) is 4.48. The summed E-state index contributed by atoms with van der Waals surface area (Å²) in [6.07, 6.45) is 0. The number of aromatic amines is 1. The van der Waals surface area contributed by atoms with Crippen LogP contribution in [0.5, 0.6) is 5.75 Å². The summed E-state index contributed by atoms with van der Waals surface area (Å²) in [6.45, 7) is 1.18. The molecule has 1 aromatic heterocycles. The van der Waals surface area contributed by atoms with Crippen LogP contribution in [0.4, 0.5) is 0 Å². The molecular formula is C21H21N3O4. The molecule has 0 spiro atoms. The summed E-state index contributed by atoms with van der Waals surface area (Å²) >= 11 is 0. The number of imidazole rings is 1. The number of hydrogen-bond donors (Lipinski definition) is 3. The van der Waals surface area contributed by atoms with E-state index in [9.17, 15) is 15.0 Å². The number of likely N-dealkylation sites (tertiary alicyclic amines) is 1. The zero-order chi connectivity index (χ0) is 19.3. The molecule has 3 aromatic rings. The smallest absolute Gasteiger partial charge is 0.253 e. The van der Waals surface area contributed by atoms with E-state index in [4.69, 9.17) is 4.74 Å². The van der Waals surface area contributed by atoms with Gasteiger partial charge in [-0.2, -0.15) is 0 Å². The van der Waals surface area contributed by atoms with Crippen molar-refractivity contribution in [1.29, 1.82) is 0 Å². The summed E-state index contributed by atoms with van der Waals surface area (Å²) in [7, 11) is 0. The molecule has 7 heteroatoms. The van der Waals surface area contributed by atoms with Crippen LogP contribution in [0.2, 0.25) is 0 Å². The zero-order valence-corrected chi connectivity index (χ0v) is 15.3. The predicted octanol–water partition coefficient (Wildman–Crippen LogP) is 1.67. The zero-order valence-electron chi connectivity index (χ0n) is 15.3. The molecule has 2 atom stereocenters. The van der Waals surface area contributed by atoms with Gasteiger partial charge in [0.2, 0.25) is 0 Å². The van der Waals surface area contributed by atoms with Gasteiger partial charge < -0.3 is 24.8 Å². The summed E-state index contributed by atoms with van der Waals surface area (Å²) in [4.78, 5) is 22.3. The number of carbonyl (C=O) groups is 1. The summed E-state index contributed by atoms with van der Waals surface area (Å²) < 4.78 is 5.90. The molecule has 144 valence electrons. The van der Waals surface area contributed by atoms with Crippen molar-refractivity contribution in [2.75, 3.05) is 26.3 Å². The normalized spacial score (nSPS) is 23.4. The van der Waals surface area contributed by atoms with Gasteiger partial charge in [-0.1, -0.05) is 18.2 Å². The van der Waals surface area contributed by atoms with E-state index in [1.54, 1.807) is 23.1 Å². The Bertz CT molecular complexity index is 1060. The van der Waals surface area contributed by atoms with Gasteiger partial charge in [0, 0.05) is 24.6 Å². The maximum atomic E-state index is 13.2. The first-order valence-corrected chi connectivity index (χ1v) is 9.35. The van der Waals surface area contributed by atoms with Gasteiger partial charge in [-0.25, -0.2) is 4.98 Å². The van der Waals surface area contributed by atoms with Crippen molar-refractivity contribution >= 4 is 16.9 Å². The summed E-state index contributed by atoms with van der Waals surface area (Å²) in [5.41, 5.74) is 2.56. The predicted molar refractivity (Wildman–Crippen MR) is 102 cm³/mol. The van der Waals surface area contributed by atoms with E-state index in [-0.39, 0.29) is 25.0 Å². The Labute approximate surface area is 161 Å². The fraction of sp³-hybridized carbons (Fsp3) is 0.333. The highest BCUT2D eigenvalue weighted by molar-refractivity contribution is 5.97. The van der Waals surface area contributed by atoms with Crippen LogP contribution < -0.4 is 4.74 Å². The van der Waals surface area contributed by atoms with Crippen molar-refractivity contribution in [3.8, 4) is 5.75 Å². The number of para-hydroxylation sites is 1. The van der Waals surface area contributed by atoms with Crippen LogP contribution in [0.25, 0.3) is 11.0 Å². The molecule has 0 aliphatic carbocycles. The third-order valence-electron chi connectivity index (χ3n) is 5.99. The lowest BCUT2D eigenvalue weighted by Crippen LogP contribution is -2.42. The molecule has 2 aliphatic heterocycles. The maximum absolute atomic E-state index is 13.2. The van der Waals surface area contributed by atoms with Gasteiger partial charge in [0.05, 0.1) is 29.7 Å². The Hall–Kier alpha value is -2.90. The van der Waals surface area contributed by atoms with E-state index in [1.807, 2.05) is 24.3 Å². The van der Waals surface area contributed by atoms with Gasteiger partial charge in [0.15, 0.2) is 0 Å². The lowest BCUT2D eigenvalue weighted by atomic mass is 9.74. The Morgan fingerprint density at radius 2 is 2.14 bits per heavy atom. The van der Waals surface area contributed by atoms with E-state index in [0.29, 0.717) is 36.6 Å². The minimum absolute atomic E-state index is 0.0325. The van der Waals surface area contributed by atoms with Gasteiger partial charge in [0.1, 0.15) is 18.2 Å². The van der Waals surface area contributed by atoms with E-state index < -0.39 is 5.41 Å². The minimum Gasteiger partial charge on any atom is -0.493 e. The number of benzene rings is 2. The lowest BCUT2D eigenvalue weighted by Gasteiger charge is -2.37. The molecule has 0 saturated carbocycles. The van der Waals surface area contributed by atoms with Crippen LogP contribution in [-0.4, -0.2) is 57.3 Å². The van der Waals surface area contributed by atoms with Gasteiger partial charge in [-0.05, 0) is 29.8 Å². The molecule has 3 heterocycles. The summed E-state index contributed by atoms with van der Waals surface area (Å²) in [6, 6.07) is 13.2. The Kier molecular flexibility index (Phi) is 3.89. The molecule has 1 amide bonds. The second-order valence-corrected chi connectivity index (χ2v) is 7.66. The highest BCUT2D eigenvalue weighted by atomic mass is 16.5. The number of hydrogen-bond acceptors (Lipinski definition) is 5. The van der Waals surface area contributed by atoms with Crippen molar-refractivity contribution in [3.05, 3.63) is 59.4 Å². The topological polar surface area (TPSA) is 98.7 Å². The first-order chi connectivity index (χ1) is 13.6. The number of carbonyl (C=O) groups excluding carboxylic acids is 1. The average Bonchev–Trinajstić information content (AvgIpc) is 3.34. The van der Waals surface area contributed by atoms with Crippen LogP contribution in [-0.2, 0) is 6.61 Å². The van der Waals surface area contributed by atoms with Crippen molar-refractivity contribution < 1.29 is 19.7 Å². The highest BCUT2D eigenvalue weighted by Gasteiger charge is 2.52. The standard InChI is InChI=1S/C21H21N3O4/c25-9-19-22-16-6-5-13(7-17(16)23-19)20(27)24-8-15-14-3-1-2-4-18(14)28-12-21(15,10-24)11-26/h1-7,15,25-26H,8-12H2,(H,22,23)/t15-,21-/m0/s1. The van der Waals surface area contributed by atoms with Crippen LogP contribution in [0.3, 0.4) is 0 Å². The quantitative estimate of drug-likeness (QED) is 0.643. The van der Waals surface area contributed by atoms with Crippen molar-refractivity contribution in [2.24, 2.45) is 5.41 Å². The molecule has 2 aromatic carbocycles. The number of H-pyrrole nitrogens is 1. The lowest BCUT2D eigenvalue weighted by molar-refractivity contribution is 0.0440. The summed E-state index contributed by atoms with van der Waals surface area (Å²) in [5.74, 6) is 1.27. The molecule has 1 saturated heterocycles. The third kappa shape index (κ3) is 2.51. The van der Waals surface area contributed by atoms with Crippen molar-refractivity contribution in [1.82, 2.24) is 14.9 Å². The first-order valence-electron chi connectivity index (χ1n) is 9.35. The molecule has 2 aliphatic rings. The second kappa shape index (κ2) is 6.32. The highest BCUT2D eigenvalue weighted by Crippen LogP contribution is 2.49. The number of aliphatic hydroxyl groups is 2. The van der Waals surface area contributed by atoms with E-state index in [1.165, 1.54) is 0 Å². The number of rotatable bonds is 3. The number of amides is 1. The van der Waals surface area contributed by atoms with Crippen LogP contribution in [0.15, 0.2) is 42.5 Å². The van der Waals surface area contributed by atoms with Crippen LogP contribution in [0, 0.1) is 5.41 Å².